The summed E-state index contributed by atoms with van der Waals surface area (Å²) in [5.74, 6) is 0.512. The average Bonchev–Trinajstić information content (AvgIpc) is 3.03. The van der Waals surface area contributed by atoms with Crippen LogP contribution in [0.4, 0.5) is 0 Å². The largest absolute Gasteiger partial charge is 0.379 e. The highest BCUT2D eigenvalue weighted by Gasteiger charge is 2.34. The molecule has 1 amide bonds. The minimum Gasteiger partial charge on any atom is -0.379 e. The minimum atomic E-state index is -0.172. The Kier molecular flexibility index (Phi) is 5.24. The Hall–Kier alpha value is -2.03. The number of carbonyl (C=O) groups excluding carboxylic acids is 1. The van der Waals surface area contributed by atoms with E-state index >= 15 is 0 Å². The highest BCUT2D eigenvalue weighted by atomic mass is 16.5. The molecule has 1 aliphatic carbocycles. The highest BCUT2D eigenvalue weighted by molar-refractivity contribution is 5.79. The topological polar surface area (TPSA) is 72.2 Å². The molecule has 0 N–H and O–H groups in total. The lowest BCUT2D eigenvalue weighted by Gasteiger charge is -2.37. The summed E-state index contributed by atoms with van der Waals surface area (Å²) >= 11 is 0. The van der Waals surface area contributed by atoms with Gasteiger partial charge in [0.2, 0.25) is 5.91 Å². The van der Waals surface area contributed by atoms with Crippen molar-refractivity contribution in [1.82, 2.24) is 24.4 Å². The zero-order valence-corrected chi connectivity index (χ0v) is 17.0. The number of aryl methyl sites for hydroxylation is 1. The lowest BCUT2D eigenvalue weighted by Crippen LogP contribution is -2.46. The standard InChI is InChI=1S/C21H29N5O3/c1-15-17(13-24-7-10-28-11-8-24)20-22-6-5-18(26(20)23-15)19-14-25(9-12-29-19)21(27)16-3-2-4-16/h5-6,16,19H,2-4,7-14H2,1H3/t19-/m1/s1. The Balaban J connectivity index is 1.39. The summed E-state index contributed by atoms with van der Waals surface area (Å²) in [7, 11) is 0. The molecule has 4 heterocycles. The van der Waals surface area contributed by atoms with Gasteiger partial charge < -0.3 is 14.4 Å². The van der Waals surface area contributed by atoms with E-state index in [4.69, 9.17) is 14.6 Å². The number of morpholine rings is 2. The molecular weight excluding hydrogens is 370 g/mol. The molecule has 8 nitrogen and oxygen atoms in total. The molecule has 1 atom stereocenters. The van der Waals surface area contributed by atoms with E-state index in [1.165, 1.54) is 6.42 Å². The maximum Gasteiger partial charge on any atom is 0.225 e. The quantitative estimate of drug-likeness (QED) is 0.777. The van der Waals surface area contributed by atoms with Crippen LogP contribution in [0.2, 0.25) is 0 Å². The van der Waals surface area contributed by atoms with Crippen molar-refractivity contribution in [2.75, 3.05) is 46.0 Å². The molecule has 2 aromatic heterocycles. The maximum atomic E-state index is 12.7. The summed E-state index contributed by atoms with van der Waals surface area (Å²) < 4.78 is 13.5. The number of amides is 1. The summed E-state index contributed by atoms with van der Waals surface area (Å²) in [5, 5.41) is 4.80. The number of ether oxygens (including phenoxy) is 2. The molecule has 0 aromatic carbocycles. The summed E-state index contributed by atoms with van der Waals surface area (Å²) in [6, 6.07) is 1.97. The molecule has 5 rings (SSSR count). The predicted octanol–water partition coefficient (Wildman–Crippen LogP) is 1.57. The molecule has 2 aromatic rings. The molecule has 1 saturated carbocycles. The number of carbonyl (C=O) groups is 1. The second kappa shape index (κ2) is 8.01. The van der Waals surface area contributed by atoms with Gasteiger partial charge in [0.25, 0.3) is 0 Å². The van der Waals surface area contributed by atoms with Crippen LogP contribution in [-0.2, 0) is 20.8 Å². The number of hydrogen-bond acceptors (Lipinski definition) is 6. The molecule has 0 bridgehead atoms. The van der Waals surface area contributed by atoms with Gasteiger partial charge in [-0.05, 0) is 25.8 Å². The number of nitrogens with zero attached hydrogens (tertiary/aromatic N) is 5. The van der Waals surface area contributed by atoms with E-state index in [0.717, 1.165) is 68.3 Å². The summed E-state index contributed by atoms with van der Waals surface area (Å²) in [4.78, 5) is 21.7. The van der Waals surface area contributed by atoms with E-state index in [9.17, 15) is 4.79 Å². The molecule has 0 radical (unpaired) electrons. The van der Waals surface area contributed by atoms with E-state index in [1.54, 1.807) is 0 Å². The van der Waals surface area contributed by atoms with Crippen molar-refractivity contribution in [2.24, 2.45) is 5.92 Å². The summed E-state index contributed by atoms with van der Waals surface area (Å²) in [6.07, 6.45) is 4.90. The molecule has 0 spiro atoms. The summed E-state index contributed by atoms with van der Waals surface area (Å²) in [6.45, 7) is 8.12. The van der Waals surface area contributed by atoms with E-state index < -0.39 is 0 Å². The number of aromatic nitrogens is 3. The normalized spacial score (nSPS) is 24.0. The Morgan fingerprint density at radius 3 is 2.79 bits per heavy atom. The first-order valence-corrected chi connectivity index (χ1v) is 10.7. The maximum absolute atomic E-state index is 12.7. The Morgan fingerprint density at radius 2 is 2.03 bits per heavy atom. The van der Waals surface area contributed by atoms with Gasteiger partial charge in [0.1, 0.15) is 6.10 Å². The third-order valence-corrected chi connectivity index (χ3v) is 6.49. The van der Waals surface area contributed by atoms with Gasteiger partial charge in [-0.1, -0.05) is 6.42 Å². The van der Waals surface area contributed by atoms with Gasteiger partial charge in [0, 0.05) is 43.9 Å². The SMILES string of the molecule is Cc1nn2c([C@H]3CN(C(=O)C4CCC4)CCO3)ccnc2c1CN1CCOCC1. The van der Waals surface area contributed by atoms with Gasteiger partial charge in [-0.2, -0.15) is 5.10 Å². The van der Waals surface area contributed by atoms with Gasteiger partial charge in [-0.15, -0.1) is 0 Å². The second-order valence-corrected chi connectivity index (χ2v) is 8.33. The van der Waals surface area contributed by atoms with Crippen molar-refractivity contribution in [3.63, 3.8) is 0 Å². The van der Waals surface area contributed by atoms with Gasteiger partial charge >= 0.3 is 0 Å². The first-order chi connectivity index (χ1) is 14.2. The van der Waals surface area contributed by atoms with Crippen molar-refractivity contribution in [3.05, 3.63) is 29.2 Å². The Labute approximate surface area is 170 Å². The third kappa shape index (κ3) is 3.65. The van der Waals surface area contributed by atoms with Crippen LogP contribution in [0.15, 0.2) is 12.3 Å². The zero-order chi connectivity index (χ0) is 19.8. The van der Waals surface area contributed by atoms with Crippen molar-refractivity contribution >= 4 is 11.6 Å². The van der Waals surface area contributed by atoms with Crippen LogP contribution >= 0.6 is 0 Å². The van der Waals surface area contributed by atoms with E-state index in [2.05, 4.69) is 9.88 Å². The highest BCUT2D eigenvalue weighted by Crippen LogP contribution is 2.31. The molecule has 2 aliphatic heterocycles. The van der Waals surface area contributed by atoms with Gasteiger partial charge in [-0.25, -0.2) is 9.50 Å². The fraction of sp³-hybridized carbons (Fsp3) is 0.667. The van der Waals surface area contributed by atoms with Gasteiger partial charge in [-0.3, -0.25) is 9.69 Å². The smallest absolute Gasteiger partial charge is 0.225 e. The molecule has 0 unspecified atom stereocenters. The minimum absolute atomic E-state index is 0.172. The van der Waals surface area contributed by atoms with Crippen LogP contribution in [-0.4, -0.2) is 76.3 Å². The Bertz CT molecular complexity index is 888. The Morgan fingerprint density at radius 1 is 1.21 bits per heavy atom. The molecule has 156 valence electrons. The van der Waals surface area contributed by atoms with Crippen molar-refractivity contribution in [3.8, 4) is 0 Å². The van der Waals surface area contributed by atoms with Crippen molar-refractivity contribution in [2.45, 2.75) is 38.8 Å². The molecule has 3 fully saturated rings. The average molecular weight is 399 g/mol. The van der Waals surface area contributed by atoms with Crippen LogP contribution in [0.25, 0.3) is 5.65 Å². The zero-order valence-electron chi connectivity index (χ0n) is 17.0. The number of fused-ring (bicyclic) bond motifs is 1. The monoisotopic (exact) mass is 399 g/mol. The molecule has 3 aliphatic rings. The van der Waals surface area contributed by atoms with Crippen molar-refractivity contribution < 1.29 is 14.3 Å². The van der Waals surface area contributed by atoms with E-state index in [-0.39, 0.29) is 12.0 Å². The van der Waals surface area contributed by atoms with E-state index in [1.807, 2.05) is 28.6 Å². The molecule has 2 saturated heterocycles. The first kappa shape index (κ1) is 19.0. The summed E-state index contributed by atoms with van der Waals surface area (Å²) in [5.41, 5.74) is 4.01. The molecule has 8 heteroatoms. The number of rotatable bonds is 4. The van der Waals surface area contributed by atoms with Crippen LogP contribution in [0.3, 0.4) is 0 Å². The predicted molar refractivity (Wildman–Crippen MR) is 106 cm³/mol. The van der Waals surface area contributed by atoms with Crippen LogP contribution in [0, 0.1) is 12.8 Å². The number of hydrogen-bond donors (Lipinski definition) is 0. The van der Waals surface area contributed by atoms with Crippen LogP contribution in [0.1, 0.15) is 42.3 Å². The third-order valence-electron chi connectivity index (χ3n) is 6.49. The van der Waals surface area contributed by atoms with E-state index in [0.29, 0.717) is 25.6 Å². The van der Waals surface area contributed by atoms with Gasteiger partial charge in [0.05, 0.1) is 37.8 Å². The van der Waals surface area contributed by atoms with Crippen LogP contribution in [0.5, 0.6) is 0 Å². The lowest BCUT2D eigenvalue weighted by molar-refractivity contribution is -0.146. The molecular formula is C21H29N5O3. The van der Waals surface area contributed by atoms with Crippen molar-refractivity contribution in [1.29, 1.82) is 0 Å². The lowest BCUT2D eigenvalue weighted by atomic mass is 9.84. The van der Waals surface area contributed by atoms with Gasteiger partial charge in [0.15, 0.2) is 5.65 Å². The van der Waals surface area contributed by atoms with Crippen LogP contribution < -0.4 is 0 Å². The fourth-order valence-electron chi connectivity index (χ4n) is 4.47. The second-order valence-electron chi connectivity index (χ2n) is 8.33. The first-order valence-electron chi connectivity index (χ1n) is 10.7. The molecule has 29 heavy (non-hydrogen) atoms. The fourth-order valence-corrected chi connectivity index (χ4v) is 4.47.